The SMILES string of the molecule is CCC(C)(NC(=O)N(CC(C)C)C1CCCC1)C(=O)O. The number of hydrogen-bond donors (Lipinski definition) is 2. The van der Waals surface area contributed by atoms with Gasteiger partial charge in [-0.15, -0.1) is 0 Å². The Balaban J connectivity index is 2.79. The van der Waals surface area contributed by atoms with Crippen LogP contribution in [-0.2, 0) is 4.79 Å². The molecule has 1 saturated carbocycles. The Morgan fingerprint density at radius 3 is 2.30 bits per heavy atom. The first-order chi connectivity index (χ1) is 9.30. The molecule has 1 rings (SSSR count). The van der Waals surface area contributed by atoms with E-state index in [-0.39, 0.29) is 12.1 Å². The Hall–Kier alpha value is -1.26. The van der Waals surface area contributed by atoms with Gasteiger partial charge in [-0.3, -0.25) is 0 Å². The molecule has 1 fully saturated rings. The van der Waals surface area contributed by atoms with E-state index < -0.39 is 11.5 Å². The second kappa shape index (κ2) is 6.95. The van der Waals surface area contributed by atoms with Crippen LogP contribution in [0.4, 0.5) is 4.79 Å². The van der Waals surface area contributed by atoms with Crippen LogP contribution in [0.5, 0.6) is 0 Å². The van der Waals surface area contributed by atoms with Crippen LogP contribution >= 0.6 is 0 Å². The highest BCUT2D eigenvalue weighted by Crippen LogP contribution is 2.25. The van der Waals surface area contributed by atoms with E-state index in [0.29, 0.717) is 18.9 Å². The molecule has 2 amide bonds. The first kappa shape index (κ1) is 16.8. The number of nitrogens with zero attached hydrogens (tertiary/aromatic N) is 1. The molecule has 0 spiro atoms. The zero-order valence-corrected chi connectivity index (χ0v) is 13.1. The van der Waals surface area contributed by atoms with Crippen LogP contribution in [0.15, 0.2) is 0 Å². The number of nitrogens with one attached hydrogen (secondary N) is 1. The number of carbonyl (C=O) groups excluding carboxylic acids is 1. The summed E-state index contributed by atoms with van der Waals surface area (Å²) in [5.74, 6) is -0.608. The van der Waals surface area contributed by atoms with Gasteiger partial charge in [-0.1, -0.05) is 33.6 Å². The minimum absolute atomic E-state index is 0.239. The first-order valence-corrected chi connectivity index (χ1v) is 7.62. The van der Waals surface area contributed by atoms with Crippen molar-refractivity contribution >= 4 is 12.0 Å². The van der Waals surface area contributed by atoms with Crippen LogP contribution in [0.2, 0.25) is 0 Å². The molecule has 1 aliphatic rings. The fraction of sp³-hybridized carbons (Fsp3) is 0.867. The summed E-state index contributed by atoms with van der Waals surface area (Å²) in [5.41, 5.74) is -1.19. The highest BCUT2D eigenvalue weighted by atomic mass is 16.4. The lowest BCUT2D eigenvalue weighted by Gasteiger charge is -2.34. The first-order valence-electron chi connectivity index (χ1n) is 7.62. The quantitative estimate of drug-likeness (QED) is 0.788. The van der Waals surface area contributed by atoms with Crippen molar-refractivity contribution in [1.82, 2.24) is 10.2 Å². The fourth-order valence-corrected chi connectivity index (χ4v) is 2.61. The predicted octanol–water partition coefficient (Wildman–Crippen LogP) is 2.85. The lowest BCUT2D eigenvalue weighted by Crippen LogP contribution is -2.57. The summed E-state index contributed by atoms with van der Waals surface area (Å²) in [5, 5.41) is 12.0. The average molecular weight is 284 g/mol. The Morgan fingerprint density at radius 1 is 1.35 bits per heavy atom. The molecule has 0 heterocycles. The van der Waals surface area contributed by atoms with Crippen molar-refractivity contribution in [2.24, 2.45) is 5.92 Å². The van der Waals surface area contributed by atoms with Crippen LogP contribution in [0, 0.1) is 5.92 Å². The Labute approximate surface area is 121 Å². The summed E-state index contributed by atoms with van der Waals surface area (Å²) in [7, 11) is 0. The molecule has 0 radical (unpaired) electrons. The molecule has 0 aliphatic heterocycles. The Kier molecular flexibility index (Phi) is 5.84. The number of urea groups is 1. The van der Waals surface area contributed by atoms with Crippen molar-refractivity contribution < 1.29 is 14.7 Å². The standard InChI is InChI=1S/C15H28N2O3/c1-5-15(4,13(18)19)16-14(20)17(10-11(2)3)12-8-6-7-9-12/h11-12H,5-10H2,1-4H3,(H,16,20)(H,18,19). The fourth-order valence-electron chi connectivity index (χ4n) is 2.61. The van der Waals surface area contributed by atoms with Gasteiger partial charge in [0.2, 0.25) is 0 Å². The van der Waals surface area contributed by atoms with Gasteiger partial charge in [-0.05, 0) is 32.1 Å². The van der Waals surface area contributed by atoms with E-state index in [9.17, 15) is 14.7 Å². The Bertz CT molecular complexity index is 351. The normalized spacial score (nSPS) is 18.9. The monoisotopic (exact) mass is 284 g/mol. The minimum Gasteiger partial charge on any atom is -0.480 e. The molecule has 0 aromatic carbocycles. The summed E-state index contributed by atoms with van der Waals surface area (Å²) in [6.45, 7) is 8.17. The maximum absolute atomic E-state index is 12.5. The van der Waals surface area contributed by atoms with Gasteiger partial charge in [-0.2, -0.15) is 0 Å². The van der Waals surface area contributed by atoms with Gasteiger partial charge in [0.15, 0.2) is 0 Å². The van der Waals surface area contributed by atoms with Crippen molar-refractivity contribution in [3.05, 3.63) is 0 Å². The molecule has 0 aromatic rings. The number of aliphatic carboxylic acids is 1. The van der Waals surface area contributed by atoms with Crippen molar-refractivity contribution in [3.8, 4) is 0 Å². The highest BCUT2D eigenvalue weighted by molar-refractivity contribution is 5.86. The zero-order chi connectivity index (χ0) is 15.3. The number of amides is 2. The van der Waals surface area contributed by atoms with Gasteiger partial charge in [0, 0.05) is 12.6 Å². The van der Waals surface area contributed by atoms with E-state index in [1.165, 1.54) is 0 Å². The van der Waals surface area contributed by atoms with E-state index in [0.717, 1.165) is 25.7 Å². The molecule has 1 aliphatic carbocycles. The summed E-state index contributed by atoms with van der Waals surface area (Å²) in [6, 6.07) is 0.0182. The van der Waals surface area contributed by atoms with Crippen molar-refractivity contribution in [3.63, 3.8) is 0 Å². The third-order valence-electron chi connectivity index (χ3n) is 4.15. The van der Waals surface area contributed by atoms with Gasteiger partial charge in [0.05, 0.1) is 0 Å². The van der Waals surface area contributed by atoms with Crippen LogP contribution in [0.3, 0.4) is 0 Å². The third-order valence-corrected chi connectivity index (χ3v) is 4.15. The number of carboxylic acid groups (broad SMARTS) is 1. The molecule has 5 heteroatoms. The molecule has 0 saturated heterocycles. The molecule has 2 N–H and O–H groups in total. The van der Waals surface area contributed by atoms with Gasteiger partial charge >= 0.3 is 12.0 Å². The molecular weight excluding hydrogens is 256 g/mol. The lowest BCUT2D eigenvalue weighted by molar-refractivity contribution is -0.143. The van der Waals surface area contributed by atoms with Crippen molar-refractivity contribution in [2.75, 3.05) is 6.54 Å². The number of hydrogen-bond acceptors (Lipinski definition) is 2. The molecule has 1 atom stereocenters. The molecule has 20 heavy (non-hydrogen) atoms. The second-order valence-electron chi connectivity index (χ2n) is 6.41. The summed E-state index contributed by atoms with van der Waals surface area (Å²) in [4.78, 5) is 25.7. The topological polar surface area (TPSA) is 69.6 Å². The smallest absolute Gasteiger partial charge is 0.329 e. The third kappa shape index (κ3) is 4.12. The van der Waals surface area contributed by atoms with Gasteiger partial charge in [-0.25, -0.2) is 9.59 Å². The van der Waals surface area contributed by atoms with Crippen molar-refractivity contribution in [1.29, 1.82) is 0 Å². The molecule has 0 bridgehead atoms. The summed E-state index contributed by atoms with van der Waals surface area (Å²) in [6.07, 6.45) is 4.72. The van der Waals surface area contributed by atoms with E-state index in [2.05, 4.69) is 19.2 Å². The molecular formula is C15H28N2O3. The van der Waals surface area contributed by atoms with Crippen LogP contribution < -0.4 is 5.32 Å². The van der Waals surface area contributed by atoms with Crippen LogP contribution in [0.1, 0.15) is 59.8 Å². The maximum Gasteiger partial charge on any atom is 0.329 e. The van der Waals surface area contributed by atoms with Gasteiger partial charge in [0.25, 0.3) is 0 Å². The average Bonchev–Trinajstić information content (AvgIpc) is 2.88. The van der Waals surface area contributed by atoms with Gasteiger partial charge < -0.3 is 15.3 Å². The predicted molar refractivity (Wildman–Crippen MR) is 78.7 cm³/mol. The van der Waals surface area contributed by atoms with E-state index in [1.54, 1.807) is 13.8 Å². The van der Waals surface area contributed by atoms with Crippen LogP contribution in [-0.4, -0.2) is 40.1 Å². The lowest BCUT2D eigenvalue weighted by atomic mass is 9.99. The van der Waals surface area contributed by atoms with E-state index >= 15 is 0 Å². The largest absolute Gasteiger partial charge is 0.480 e. The molecule has 0 aromatic heterocycles. The van der Waals surface area contributed by atoms with Gasteiger partial charge in [0.1, 0.15) is 5.54 Å². The molecule has 116 valence electrons. The minimum atomic E-state index is -1.19. The summed E-state index contributed by atoms with van der Waals surface area (Å²) >= 11 is 0. The molecule has 5 nitrogen and oxygen atoms in total. The Morgan fingerprint density at radius 2 is 1.90 bits per heavy atom. The number of carboxylic acids is 1. The van der Waals surface area contributed by atoms with E-state index in [1.807, 2.05) is 4.90 Å². The number of carbonyl (C=O) groups is 2. The van der Waals surface area contributed by atoms with Crippen molar-refractivity contribution in [2.45, 2.75) is 71.4 Å². The maximum atomic E-state index is 12.5. The second-order valence-corrected chi connectivity index (χ2v) is 6.41. The van der Waals surface area contributed by atoms with Crippen LogP contribution in [0.25, 0.3) is 0 Å². The molecule has 1 unspecified atom stereocenters. The van der Waals surface area contributed by atoms with E-state index in [4.69, 9.17) is 0 Å². The highest BCUT2D eigenvalue weighted by Gasteiger charge is 2.36. The summed E-state index contributed by atoms with van der Waals surface area (Å²) < 4.78 is 0. The number of rotatable bonds is 6. The zero-order valence-electron chi connectivity index (χ0n) is 13.1.